The number of benzene rings is 1. The van der Waals surface area contributed by atoms with Gasteiger partial charge in [-0.25, -0.2) is 5.54 Å². The summed E-state index contributed by atoms with van der Waals surface area (Å²) in [6.45, 7) is 0. The molecule has 0 aliphatic rings. The van der Waals surface area contributed by atoms with Crippen molar-refractivity contribution in [3.05, 3.63) is 29.3 Å². The number of halogens is 4. The second kappa shape index (κ2) is 3.54. The summed E-state index contributed by atoms with van der Waals surface area (Å²) in [6.07, 6.45) is -4.65. The van der Waals surface area contributed by atoms with Crippen molar-refractivity contribution >= 4 is 5.69 Å². The molecule has 0 bridgehead atoms. The number of nitrogens with zero attached hydrogens (tertiary/aromatic N) is 1. The number of anilines is 1. The van der Waals surface area contributed by atoms with Crippen LogP contribution in [-0.2, 0) is 6.18 Å². The summed E-state index contributed by atoms with van der Waals surface area (Å²) in [4.78, 5) is 0. The Morgan fingerprint density at radius 1 is 1.29 bits per heavy atom. The molecule has 0 amide bonds. The van der Waals surface area contributed by atoms with E-state index >= 15 is 0 Å². The Kier molecular flexibility index (Phi) is 2.60. The molecule has 74 valence electrons. The molecule has 1 N–H and O–H groups in total. The zero-order valence-electron chi connectivity index (χ0n) is 6.69. The number of nitrogens with one attached hydrogen (secondary N) is 1. The average Bonchev–Trinajstić information content (AvgIpc) is 2.15. The maximum Gasteiger partial charge on any atom is 0.417 e. The number of rotatable bonds is 1. The molecular formula is C8H4F4N2. The summed E-state index contributed by atoms with van der Waals surface area (Å²) in [7, 11) is 0. The molecule has 0 radical (unpaired) electrons. The SMILES string of the molecule is N#Cc1c(NF)cccc1C(F)(F)F. The lowest BCUT2D eigenvalue weighted by atomic mass is 10.1. The molecule has 0 aliphatic heterocycles. The van der Waals surface area contributed by atoms with Gasteiger partial charge in [0.25, 0.3) is 0 Å². The van der Waals surface area contributed by atoms with Crippen LogP contribution in [0.2, 0.25) is 0 Å². The molecule has 0 spiro atoms. The van der Waals surface area contributed by atoms with Gasteiger partial charge in [-0.15, -0.1) is 4.48 Å². The first-order valence-corrected chi connectivity index (χ1v) is 3.47. The molecule has 0 heterocycles. The summed E-state index contributed by atoms with van der Waals surface area (Å²) in [5.74, 6) is 0. The van der Waals surface area contributed by atoms with Crippen LogP contribution in [-0.4, -0.2) is 0 Å². The van der Waals surface area contributed by atoms with Crippen molar-refractivity contribution in [3.8, 4) is 6.07 Å². The predicted molar refractivity (Wildman–Crippen MR) is 40.9 cm³/mol. The van der Waals surface area contributed by atoms with Crippen LogP contribution in [0, 0.1) is 11.3 Å². The molecule has 0 aromatic heterocycles. The van der Waals surface area contributed by atoms with E-state index in [0.29, 0.717) is 0 Å². The van der Waals surface area contributed by atoms with E-state index in [2.05, 4.69) is 0 Å². The van der Waals surface area contributed by atoms with Crippen LogP contribution in [0.1, 0.15) is 11.1 Å². The smallest absolute Gasteiger partial charge is 0.223 e. The van der Waals surface area contributed by atoms with Crippen LogP contribution in [0.4, 0.5) is 23.3 Å². The molecule has 1 aromatic rings. The van der Waals surface area contributed by atoms with E-state index in [-0.39, 0.29) is 0 Å². The van der Waals surface area contributed by atoms with E-state index in [0.717, 1.165) is 23.7 Å². The second-order valence-electron chi connectivity index (χ2n) is 2.43. The fraction of sp³-hybridized carbons (Fsp3) is 0.125. The van der Waals surface area contributed by atoms with Gasteiger partial charge in [0, 0.05) is 0 Å². The molecular weight excluding hydrogens is 200 g/mol. The number of alkyl halides is 3. The van der Waals surface area contributed by atoms with Crippen LogP contribution < -0.4 is 5.54 Å². The van der Waals surface area contributed by atoms with Gasteiger partial charge in [0.2, 0.25) is 0 Å². The Hall–Kier alpha value is -1.77. The maximum atomic E-state index is 12.3. The number of nitriles is 1. The van der Waals surface area contributed by atoms with E-state index in [4.69, 9.17) is 5.26 Å². The van der Waals surface area contributed by atoms with Gasteiger partial charge in [-0.2, -0.15) is 18.4 Å². The van der Waals surface area contributed by atoms with Crippen LogP contribution in [0.15, 0.2) is 18.2 Å². The van der Waals surface area contributed by atoms with Gasteiger partial charge in [0.15, 0.2) is 0 Å². The van der Waals surface area contributed by atoms with Gasteiger partial charge in [-0.1, -0.05) is 6.07 Å². The highest BCUT2D eigenvalue weighted by Gasteiger charge is 2.34. The molecule has 0 aliphatic carbocycles. The standard InChI is InChI=1S/C8H4F4N2/c9-8(10,11)6-2-1-3-7(14-12)5(6)4-13/h1-3,14H. The third-order valence-corrected chi connectivity index (χ3v) is 1.58. The average molecular weight is 204 g/mol. The minimum atomic E-state index is -4.65. The first-order valence-electron chi connectivity index (χ1n) is 3.47. The van der Waals surface area contributed by atoms with E-state index in [1.807, 2.05) is 0 Å². The molecule has 0 unspecified atom stereocenters. The Morgan fingerprint density at radius 3 is 2.36 bits per heavy atom. The molecule has 0 saturated carbocycles. The first-order chi connectivity index (χ1) is 6.50. The van der Waals surface area contributed by atoms with Crippen molar-refractivity contribution < 1.29 is 17.7 Å². The molecule has 0 fully saturated rings. The minimum Gasteiger partial charge on any atom is -0.223 e. The summed E-state index contributed by atoms with van der Waals surface area (Å²) in [5.41, 5.74) is -1.35. The quantitative estimate of drug-likeness (QED) is 0.563. The van der Waals surface area contributed by atoms with E-state index < -0.39 is 23.0 Å². The summed E-state index contributed by atoms with van der Waals surface area (Å²) in [5, 5.41) is 8.44. The van der Waals surface area contributed by atoms with Crippen molar-refractivity contribution in [1.82, 2.24) is 0 Å². The lowest BCUT2D eigenvalue weighted by Crippen LogP contribution is -2.08. The molecule has 6 heteroatoms. The van der Waals surface area contributed by atoms with Crippen LogP contribution in [0.5, 0.6) is 0 Å². The lowest BCUT2D eigenvalue weighted by Gasteiger charge is -2.10. The Bertz CT molecular complexity index is 378. The maximum absolute atomic E-state index is 12.3. The van der Waals surface area contributed by atoms with Crippen molar-refractivity contribution in [2.75, 3.05) is 5.54 Å². The molecule has 0 atom stereocenters. The zero-order chi connectivity index (χ0) is 10.8. The fourth-order valence-electron chi connectivity index (χ4n) is 0.988. The van der Waals surface area contributed by atoms with Gasteiger partial charge in [-0.3, -0.25) is 0 Å². The highest BCUT2D eigenvalue weighted by Crippen LogP contribution is 2.34. The van der Waals surface area contributed by atoms with Crippen molar-refractivity contribution in [1.29, 1.82) is 5.26 Å². The topological polar surface area (TPSA) is 35.8 Å². The highest BCUT2D eigenvalue weighted by atomic mass is 19.4. The number of hydrogen-bond donors (Lipinski definition) is 1. The second-order valence-corrected chi connectivity index (χ2v) is 2.43. The van der Waals surface area contributed by atoms with Crippen molar-refractivity contribution in [3.63, 3.8) is 0 Å². The first kappa shape index (κ1) is 10.3. The van der Waals surface area contributed by atoms with Crippen LogP contribution in [0.25, 0.3) is 0 Å². The minimum absolute atomic E-state index is 0.484. The monoisotopic (exact) mass is 204 g/mol. The highest BCUT2D eigenvalue weighted by molar-refractivity contribution is 5.60. The molecule has 2 nitrogen and oxygen atoms in total. The van der Waals surface area contributed by atoms with Gasteiger partial charge in [-0.05, 0) is 12.1 Å². The summed E-state index contributed by atoms with van der Waals surface area (Å²) in [6, 6.07) is 4.09. The molecule has 1 rings (SSSR count). The summed E-state index contributed by atoms with van der Waals surface area (Å²) >= 11 is 0. The lowest BCUT2D eigenvalue weighted by molar-refractivity contribution is -0.137. The third kappa shape index (κ3) is 1.76. The predicted octanol–water partition coefficient (Wildman–Crippen LogP) is 2.87. The van der Waals surface area contributed by atoms with Crippen LogP contribution in [0.3, 0.4) is 0 Å². The largest absolute Gasteiger partial charge is 0.417 e. The van der Waals surface area contributed by atoms with E-state index in [9.17, 15) is 17.7 Å². The number of hydrogen-bond acceptors (Lipinski definition) is 2. The van der Waals surface area contributed by atoms with Gasteiger partial charge in [0.05, 0.1) is 16.8 Å². The van der Waals surface area contributed by atoms with Gasteiger partial charge >= 0.3 is 6.18 Å². The molecule has 14 heavy (non-hydrogen) atoms. The summed E-state index contributed by atoms with van der Waals surface area (Å²) < 4.78 is 48.7. The van der Waals surface area contributed by atoms with Crippen LogP contribution >= 0.6 is 0 Å². The van der Waals surface area contributed by atoms with Crippen molar-refractivity contribution in [2.24, 2.45) is 0 Å². The molecule has 1 aromatic carbocycles. The van der Waals surface area contributed by atoms with Gasteiger partial charge in [0.1, 0.15) is 6.07 Å². The zero-order valence-corrected chi connectivity index (χ0v) is 6.69. The van der Waals surface area contributed by atoms with E-state index in [1.165, 1.54) is 6.07 Å². The Balaban J connectivity index is 3.39. The van der Waals surface area contributed by atoms with Gasteiger partial charge < -0.3 is 0 Å². The molecule has 0 saturated heterocycles. The van der Waals surface area contributed by atoms with E-state index in [1.54, 1.807) is 0 Å². The third-order valence-electron chi connectivity index (χ3n) is 1.58. The fourth-order valence-corrected chi connectivity index (χ4v) is 0.988. The normalized spacial score (nSPS) is 10.8. The Morgan fingerprint density at radius 2 is 1.93 bits per heavy atom. The Labute approximate surface area is 76.7 Å². The van der Waals surface area contributed by atoms with Crippen molar-refractivity contribution in [2.45, 2.75) is 6.18 Å².